The molecule has 0 unspecified atom stereocenters. The molecule has 0 fully saturated rings. The van der Waals surface area contributed by atoms with Crippen molar-refractivity contribution in [1.29, 1.82) is 0 Å². The third-order valence-electron chi connectivity index (χ3n) is 4.50. The molecule has 0 aliphatic carbocycles. The van der Waals surface area contributed by atoms with Gasteiger partial charge in [0.1, 0.15) is 0 Å². The molecule has 1 N–H and O–H groups in total. The second kappa shape index (κ2) is 6.99. The summed E-state index contributed by atoms with van der Waals surface area (Å²) in [6, 6.07) is 20.0. The summed E-state index contributed by atoms with van der Waals surface area (Å²) in [5, 5.41) is 7.19. The lowest BCUT2D eigenvalue weighted by molar-refractivity contribution is 0.0929. The summed E-state index contributed by atoms with van der Waals surface area (Å²) in [6.07, 6.45) is 1.65. The van der Waals surface area contributed by atoms with Crippen molar-refractivity contribution in [2.75, 3.05) is 0 Å². The highest BCUT2D eigenvalue weighted by molar-refractivity contribution is 5.91. The molecular weight excluding hydrogens is 338 g/mol. The van der Waals surface area contributed by atoms with Crippen molar-refractivity contribution in [3.63, 3.8) is 0 Å². The smallest absolute Gasteiger partial charge is 0.291 e. The summed E-state index contributed by atoms with van der Waals surface area (Å²) in [5.74, 6) is 0.212. The van der Waals surface area contributed by atoms with Gasteiger partial charge in [-0.05, 0) is 36.6 Å². The van der Waals surface area contributed by atoms with Crippen LogP contribution >= 0.6 is 0 Å². The van der Waals surface area contributed by atoms with Crippen LogP contribution < -0.4 is 5.32 Å². The van der Waals surface area contributed by atoms with Gasteiger partial charge in [-0.3, -0.25) is 4.79 Å². The number of carbonyl (C=O) groups is 1. The predicted molar refractivity (Wildman–Crippen MR) is 103 cm³/mol. The van der Waals surface area contributed by atoms with Gasteiger partial charge in [0.25, 0.3) is 11.7 Å². The second-order valence-corrected chi connectivity index (χ2v) is 6.42. The molecule has 27 heavy (non-hydrogen) atoms. The van der Waals surface area contributed by atoms with E-state index < -0.39 is 0 Å². The van der Waals surface area contributed by atoms with Crippen LogP contribution in [0.1, 0.15) is 34.8 Å². The number of nitrogens with zero attached hydrogens (tertiary/aromatic N) is 4. The quantitative estimate of drug-likeness (QED) is 0.606. The minimum atomic E-state index is -0.320. The van der Waals surface area contributed by atoms with Crippen molar-refractivity contribution in [1.82, 2.24) is 24.9 Å². The van der Waals surface area contributed by atoms with Gasteiger partial charge in [0, 0.05) is 11.9 Å². The van der Waals surface area contributed by atoms with Gasteiger partial charge in [-0.15, -0.1) is 5.10 Å². The molecule has 0 spiro atoms. The van der Waals surface area contributed by atoms with Crippen LogP contribution in [0.2, 0.25) is 0 Å². The molecule has 1 atom stereocenters. The Labute approximate surface area is 156 Å². The first kappa shape index (κ1) is 16.9. The predicted octanol–water partition coefficient (Wildman–Crippen LogP) is 3.59. The molecule has 134 valence electrons. The summed E-state index contributed by atoms with van der Waals surface area (Å²) in [5.41, 5.74) is 4.19. The van der Waals surface area contributed by atoms with E-state index in [9.17, 15) is 4.79 Å². The van der Waals surface area contributed by atoms with Crippen LogP contribution in [0.3, 0.4) is 0 Å². The van der Waals surface area contributed by atoms with E-state index in [2.05, 4.69) is 44.6 Å². The molecule has 6 nitrogen and oxygen atoms in total. The molecule has 0 aliphatic heterocycles. The fourth-order valence-electron chi connectivity index (χ4n) is 2.94. The zero-order chi connectivity index (χ0) is 18.8. The number of aryl methyl sites for hydroxylation is 1. The molecule has 2 heterocycles. The average molecular weight is 357 g/mol. The number of aromatic nitrogens is 4. The van der Waals surface area contributed by atoms with Crippen LogP contribution in [0.15, 0.2) is 66.9 Å². The zero-order valence-corrected chi connectivity index (χ0v) is 15.1. The summed E-state index contributed by atoms with van der Waals surface area (Å²) in [7, 11) is 0. The van der Waals surface area contributed by atoms with E-state index in [4.69, 9.17) is 0 Å². The number of hydrogen-bond donors (Lipinski definition) is 1. The Kier molecular flexibility index (Phi) is 4.38. The number of hydrogen-bond acceptors (Lipinski definition) is 4. The normalized spacial score (nSPS) is 12.1. The summed E-state index contributed by atoms with van der Waals surface area (Å²) >= 11 is 0. The number of rotatable bonds is 4. The minimum absolute atomic E-state index is 0.115. The minimum Gasteiger partial charge on any atom is -0.343 e. The molecule has 2 aromatic carbocycles. The van der Waals surface area contributed by atoms with Crippen LogP contribution in [0.25, 0.3) is 16.9 Å². The maximum atomic E-state index is 12.5. The van der Waals surface area contributed by atoms with Crippen molar-refractivity contribution >= 4 is 11.7 Å². The standard InChI is InChI=1S/C21H19N5O/c1-14-12-13-22-21-24-19(25-26(14)21)20(27)23-15(2)16-8-10-18(11-9-16)17-6-4-3-5-7-17/h3-13,15H,1-2H3,(H,23,27)/t15-/m0/s1. The van der Waals surface area contributed by atoms with Gasteiger partial charge in [-0.1, -0.05) is 54.6 Å². The average Bonchev–Trinajstić information content (AvgIpc) is 3.15. The summed E-state index contributed by atoms with van der Waals surface area (Å²) in [6.45, 7) is 3.83. The molecule has 0 aliphatic rings. The molecular formula is C21H19N5O. The lowest BCUT2D eigenvalue weighted by atomic mass is 10.0. The Balaban J connectivity index is 1.50. The van der Waals surface area contributed by atoms with Gasteiger partial charge < -0.3 is 5.32 Å². The Morgan fingerprint density at radius 3 is 2.41 bits per heavy atom. The van der Waals surface area contributed by atoms with E-state index in [1.54, 1.807) is 10.7 Å². The largest absolute Gasteiger partial charge is 0.343 e. The maximum Gasteiger partial charge on any atom is 0.291 e. The fraction of sp³-hybridized carbons (Fsp3) is 0.143. The third-order valence-corrected chi connectivity index (χ3v) is 4.50. The van der Waals surface area contributed by atoms with Gasteiger partial charge in [-0.25, -0.2) is 9.50 Å². The van der Waals surface area contributed by atoms with Crippen LogP contribution in [-0.4, -0.2) is 25.5 Å². The highest BCUT2D eigenvalue weighted by Gasteiger charge is 2.17. The third kappa shape index (κ3) is 3.42. The first-order valence-corrected chi connectivity index (χ1v) is 8.76. The van der Waals surface area contributed by atoms with Crippen molar-refractivity contribution in [3.8, 4) is 11.1 Å². The van der Waals surface area contributed by atoms with E-state index in [-0.39, 0.29) is 17.8 Å². The van der Waals surface area contributed by atoms with E-state index in [1.165, 1.54) is 0 Å². The highest BCUT2D eigenvalue weighted by Crippen LogP contribution is 2.21. The summed E-state index contributed by atoms with van der Waals surface area (Å²) in [4.78, 5) is 20.9. The molecule has 4 aromatic rings. The van der Waals surface area contributed by atoms with Crippen LogP contribution in [0, 0.1) is 6.92 Å². The summed E-state index contributed by atoms with van der Waals surface area (Å²) < 4.78 is 1.56. The second-order valence-electron chi connectivity index (χ2n) is 6.42. The van der Waals surface area contributed by atoms with Gasteiger partial charge in [0.2, 0.25) is 5.82 Å². The topological polar surface area (TPSA) is 72.2 Å². The molecule has 0 bridgehead atoms. The molecule has 2 aromatic heterocycles. The lowest BCUT2D eigenvalue weighted by Crippen LogP contribution is -2.27. The van der Waals surface area contributed by atoms with Crippen LogP contribution in [0.5, 0.6) is 0 Å². The molecule has 4 rings (SSSR count). The Bertz CT molecular complexity index is 1090. The molecule has 0 radical (unpaired) electrons. The van der Waals surface area contributed by atoms with Crippen molar-refractivity contribution in [2.45, 2.75) is 19.9 Å². The number of nitrogens with one attached hydrogen (secondary N) is 1. The lowest BCUT2D eigenvalue weighted by Gasteiger charge is -2.13. The van der Waals surface area contributed by atoms with E-state index >= 15 is 0 Å². The van der Waals surface area contributed by atoms with E-state index in [1.807, 2.05) is 50.2 Å². The van der Waals surface area contributed by atoms with Crippen LogP contribution in [0.4, 0.5) is 0 Å². The monoisotopic (exact) mass is 357 g/mol. The maximum absolute atomic E-state index is 12.5. The Morgan fingerprint density at radius 1 is 1.00 bits per heavy atom. The van der Waals surface area contributed by atoms with E-state index in [0.29, 0.717) is 5.78 Å². The van der Waals surface area contributed by atoms with Crippen molar-refractivity contribution in [2.24, 2.45) is 0 Å². The number of carbonyl (C=O) groups excluding carboxylic acids is 1. The van der Waals surface area contributed by atoms with Crippen molar-refractivity contribution in [3.05, 3.63) is 83.9 Å². The molecule has 1 amide bonds. The van der Waals surface area contributed by atoms with Crippen molar-refractivity contribution < 1.29 is 4.79 Å². The van der Waals surface area contributed by atoms with Gasteiger partial charge in [-0.2, -0.15) is 4.98 Å². The van der Waals surface area contributed by atoms with Crippen LogP contribution in [-0.2, 0) is 0 Å². The molecule has 0 saturated heterocycles. The number of amides is 1. The Morgan fingerprint density at radius 2 is 1.70 bits per heavy atom. The van der Waals surface area contributed by atoms with Gasteiger partial charge in [0.05, 0.1) is 6.04 Å². The van der Waals surface area contributed by atoms with E-state index in [0.717, 1.165) is 22.4 Å². The van der Waals surface area contributed by atoms with Gasteiger partial charge >= 0.3 is 0 Å². The molecule has 6 heteroatoms. The Hall–Kier alpha value is -3.54. The number of benzene rings is 2. The first-order chi connectivity index (χ1) is 13.1. The van der Waals surface area contributed by atoms with Gasteiger partial charge in [0.15, 0.2) is 0 Å². The first-order valence-electron chi connectivity index (χ1n) is 8.76. The highest BCUT2D eigenvalue weighted by atomic mass is 16.2. The SMILES string of the molecule is Cc1ccnc2nc(C(=O)N[C@@H](C)c3ccc(-c4ccccc4)cc3)nn12. The fourth-order valence-corrected chi connectivity index (χ4v) is 2.94. The molecule has 0 saturated carbocycles. The number of fused-ring (bicyclic) bond motifs is 1. The zero-order valence-electron chi connectivity index (χ0n) is 15.1.